The normalized spacial score (nSPS) is 18.7. The van der Waals surface area contributed by atoms with Crippen molar-refractivity contribution < 1.29 is 9.59 Å². The first-order valence-electron chi connectivity index (χ1n) is 4.64. The maximum absolute atomic E-state index is 11.6. The van der Waals surface area contributed by atoms with Crippen molar-refractivity contribution in [1.29, 1.82) is 0 Å². The second-order valence-corrected chi connectivity index (χ2v) is 3.57. The van der Waals surface area contributed by atoms with E-state index in [2.05, 4.69) is 4.99 Å². The third-order valence-electron chi connectivity index (χ3n) is 2.71. The number of nitrogens with zero attached hydrogens (tertiary/aromatic N) is 2. The fourth-order valence-electron chi connectivity index (χ4n) is 1.86. The highest BCUT2D eigenvalue weighted by molar-refractivity contribution is 6.04. The van der Waals surface area contributed by atoms with Crippen molar-refractivity contribution in [3.8, 4) is 0 Å². The molecule has 0 saturated heterocycles. The second kappa shape index (κ2) is 3.33. The standard InChI is InChI=1S/C11H10N2O2/c1-7-9-5-8(12-6-14)3-4-10(9)13(2)11(7)15/h3-5,7H,1-2H3. The van der Waals surface area contributed by atoms with E-state index in [-0.39, 0.29) is 11.8 Å². The van der Waals surface area contributed by atoms with E-state index in [4.69, 9.17) is 0 Å². The third-order valence-corrected chi connectivity index (χ3v) is 2.71. The van der Waals surface area contributed by atoms with Crippen LogP contribution < -0.4 is 4.90 Å². The minimum atomic E-state index is -0.160. The topological polar surface area (TPSA) is 49.7 Å². The van der Waals surface area contributed by atoms with E-state index in [0.717, 1.165) is 11.3 Å². The van der Waals surface area contributed by atoms with E-state index < -0.39 is 0 Å². The molecule has 0 saturated carbocycles. The van der Waals surface area contributed by atoms with E-state index in [1.54, 1.807) is 30.1 Å². The zero-order valence-corrected chi connectivity index (χ0v) is 8.52. The number of fused-ring (bicyclic) bond motifs is 1. The molecular weight excluding hydrogens is 192 g/mol. The zero-order valence-electron chi connectivity index (χ0n) is 8.52. The van der Waals surface area contributed by atoms with Gasteiger partial charge in [-0.2, -0.15) is 4.99 Å². The summed E-state index contributed by atoms with van der Waals surface area (Å²) >= 11 is 0. The first kappa shape index (κ1) is 9.62. The van der Waals surface area contributed by atoms with Crippen LogP contribution >= 0.6 is 0 Å². The van der Waals surface area contributed by atoms with Crippen molar-refractivity contribution in [2.75, 3.05) is 11.9 Å². The van der Waals surface area contributed by atoms with Crippen LogP contribution in [-0.2, 0) is 9.59 Å². The van der Waals surface area contributed by atoms with Gasteiger partial charge in [-0.15, -0.1) is 0 Å². The molecule has 1 aliphatic rings. The molecule has 0 aliphatic carbocycles. The predicted molar refractivity (Wildman–Crippen MR) is 56.0 cm³/mol. The van der Waals surface area contributed by atoms with Crippen LogP contribution in [0, 0.1) is 0 Å². The summed E-state index contributed by atoms with van der Waals surface area (Å²) in [6.45, 7) is 1.85. The smallest absolute Gasteiger partial charge is 0.240 e. The molecule has 1 unspecified atom stereocenters. The minimum absolute atomic E-state index is 0.0669. The Morgan fingerprint density at radius 1 is 1.47 bits per heavy atom. The Bertz CT molecular complexity index is 475. The highest BCUT2D eigenvalue weighted by Crippen LogP contribution is 2.37. The quantitative estimate of drug-likeness (QED) is 0.514. The highest BCUT2D eigenvalue weighted by Gasteiger charge is 2.31. The molecule has 76 valence electrons. The molecule has 1 aromatic rings. The molecule has 1 aromatic carbocycles. The number of amides is 1. The molecular formula is C11H10N2O2. The Kier molecular flexibility index (Phi) is 2.14. The summed E-state index contributed by atoms with van der Waals surface area (Å²) in [4.78, 5) is 26.9. The number of anilines is 1. The van der Waals surface area contributed by atoms with Crippen LogP contribution in [0.2, 0.25) is 0 Å². The molecule has 0 fully saturated rings. The van der Waals surface area contributed by atoms with Crippen molar-refractivity contribution in [3.05, 3.63) is 23.8 Å². The van der Waals surface area contributed by atoms with E-state index in [1.807, 2.05) is 6.92 Å². The summed E-state index contributed by atoms with van der Waals surface area (Å²) in [5.41, 5.74) is 2.34. The number of carbonyl (C=O) groups excluding carboxylic acids is 2. The third kappa shape index (κ3) is 1.35. The van der Waals surface area contributed by atoms with Crippen LogP contribution in [0.3, 0.4) is 0 Å². The molecule has 4 nitrogen and oxygen atoms in total. The molecule has 0 aromatic heterocycles. The van der Waals surface area contributed by atoms with Crippen LogP contribution in [-0.4, -0.2) is 19.0 Å². The van der Waals surface area contributed by atoms with Gasteiger partial charge in [0.2, 0.25) is 12.0 Å². The maximum Gasteiger partial charge on any atom is 0.240 e. The average molecular weight is 202 g/mol. The number of benzene rings is 1. The monoisotopic (exact) mass is 202 g/mol. The largest absolute Gasteiger partial charge is 0.315 e. The summed E-state index contributed by atoms with van der Waals surface area (Å²) in [5, 5.41) is 0. The van der Waals surface area contributed by atoms with Crippen LogP contribution in [0.1, 0.15) is 18.4 Å². The number of carbonyl (C=O) groups is 1. The molecule has 0 spiro atoms. The van der Waals surface area contributed by atoms with Crippen molar-refractivity contribution in [2.45, 2.75) is 12.8 Å². The number of aliphatic imine (C=N–C) groups is 1. The van der Waals surface area contributed by atoms with E-state index in [9.17, 15) is 9.59 Å². The van der Waals surface area contributed by atoms with Crippen LogP contribution in [0.15, 0.2) is 23.2 Å². The SMILES string of the molecule is CC1C(=O)N(C)c2ccc(N=C=O)cc21. The van der Waals surface area contributed by atoms with Crippen molar-refractivity contribution in [3.63, 3.8) is 0 Å². The van der Waals surface area contributed by atoms with Crippen LogP contribution in [0.25, 0.3) is 0 Å². The molecule has 4 heteroatoms. The molecule has 1 atom stereocenters. The van der Waals surface area contributed by atoms with Gasteiger partial charge in [0, 0.05) is 12.7 Å². The zero-order chi connectivity index (χ0) is 11.0. The fraction of sp³-hybridized carbons (Fsp3) is 0.273. The Morgan fingerprint density at radius 2 is 2.20 bits per heavy atom. The Morgan fingerprint density at radius 3 is 2.87 bits per heavy atom. The lowest BCUT2D eigenvalue weighted by Gasteiger charge is -2.09. The summed E-state index contributed by atoms with van der Waals surface area (Å²) in [5.74, 6) is -0.0935. The molecule has 15 heavy (non-hydrogen) atoms. The first-order valence-corrected chi connectivity index (χ1v) is 4.64. The van der Waals surface area contributed by atoms with E-state index in [1.165, 1.54) is 6.08 Å². The Balaban J connectivity index is 2.56. The van der Waals surface area contributed by atoms with Gasteiger partial charge >= 0.3 is 0 Å². The van der Waals surface area contributed by atoms with Gasteiger partial charge in [0.15, 0.2) is 0 Å². The summed E-state index contributed by atoms with van der Waals surface area (Å²) in [7, 11) is 1.74. The van der Waals surface area contributed by atoms with Gasteiger partial charge in [0.25, 0.3) is 0 Å². The average Bonchev–Trinajstić information content (AvgIpc) is 2.45. The molecule has 2 rings (SSSR count). The van der Waals surface area contributed by atoms with Gasteiger partial charge in [0.05, 0.1) is 11.6 Å². The number of rotatable bonds is 1. The van der Waals surface area contributed by atoms with Gasteiger partial charge in [-0.25, -0.2) is 4.79 Å². The maximum atomic E-state index is 11.6. The molecule has 1 amide bonds. The number of hydrogen-bond acceptors (Lipinski definition) is 3. The first-order chi connectivity index (χ1) is 7.15. The van der Waals surface area contributed by atoms with E-state index >= 15 is 0 Å². The second-order valence-electron chi connectivity index (χ2n) is 3.57. The fourth-order valence-corrected chi connectivity index (χ4v) is 1.86. The van der Waals surface area contributed by atoms with Crippen molar-refractivity contribution in [1.82, 2.24) is 0 Å². The lowest BCUT2D eigenvalue weighted by atomic mass is 10.0. The predicted octanol–water partition coefficient (Wildman–Crippen LogP) is 1.73. The van der Waals surface area contributed by atoms with Gasteiger partial charge < -0.3 is 4.90 Å². The number of hydrogen-bond donors (Lipinski definition) is 0. The molecule has 1 aliphatic heterocycles. The lowest BCUT2D eigenvalue weighted by molar-refractivity contribution is -0.118. The molecule has 0 N–H and O–H groups in total. The number of likely N-dealkylation sites (N-methyl/N-ethyl adjacent to an activating group) is 1. The van der Waals surface area contributed by atoms with Crippen molar-refractivity contribution in [2.24, 2.45) is 4.99 Å². The van der Waals surface area contributed by atoms with Crippen LogP contribution in [0.5, 0.6) is 0 Å². The van der Waals surface area contributed by atoms with E-state index in [0.29, 0.717) is 5.69 Å². The highest BCUT2D eigenvalue weighted by atomic mass is 16.2. The van der Waals surface area contributed by atoms with Crippen molar-refractivity contribution >= 4 is 23.4 Å². The van der Waals surface area contributed by atoms with Gasteiger partial charge in [-0.05, 0) is 30.7 Å². The molecule has 1 heterocycles. The number of isocyanates is 1. The van der Waals surface area contributed by atoms with Gasteiger partial charge in [0.1, 0.15) is 0 Å². The van der Waals surface area contributed by atoms with Gasteiger partial charge in [-0.3, -0.25) is 4.79 Å². The molecule has 0 bridgehead atoms. The Labute approximate surface area is 87.2 Å². The summed E-state index contributed by atoms with van der Waals surface area (Å²) in [6.07, 6.45) is 1.49. The molecule has 0 radical (unpaired) electrons. The minimum Gasteiger partial charge on any atom is -0.315 e. The lowest BCUT2D eigenvalue weighted by Crippen LogP contribution is -2.22. The Hall–Kier alpha value is -1.93. The van der Waals surface area contributed by atoms with Crippen LogP contribution in [0.4, 0.5) is 11.4 Å². The van der Waals surface area contributed by atoms with Gasteiger partial charge in [-0.1, -0.05) is 0 Å². The summed E-state index contributed by atoms with van der Waals surface area (Å²) in [6, 6.07) is 5.25. The summed E-state index contributed by atoms with van der Waals surface area (Å²) < 4.78 is 0.